The fourth-order valence-electron chi connectivity index (χ4n) is 4.89. The molecule has 0 radical (unpaired) electrons. The van der Waals surface area contributed by atoms with Crippen LogP contribution in [-0.2, 0) is 15.0 Å². The summed E-state index contributed by atoms with van der Waals surface area (Å²) in [5.74, 6) is -0.578. The number of rotatable bonds is 7. The highest BCUT2D eigenvalue weighted by atomic mass is 16.2. The summed E-state index contributed by atoms with van der Waals surface area (Å²) in [4.78, 5) is 40.0. The summed E-state index contributed by atoms with van der Waals surface area (Å²) in [5.41, 5.74) is 2.58. The van der Waals surface area contributed by atoms with Crippen LogP contribution in [0.5, 0.6) is 0 Å². The molecule has 2 aliphatic carbocycles. The van der Waals surface area contributed by atoms with Gasteiger partial charge in [0.2, 0.25) is 11.8 Å². The van der Waals surface area contributed by atoms with Crippen LogP contribution < -0.4 is 10.6 Å². The predicted octanol–water partition coefficient (Wildman–Crippen LogP) is 2.70. The summed E-state index contributed by atoms with van der Waals surface area (Å²) in [6.45, 7) is 0.486. The van der Waals surface area contributed by atoms with E-state index in [1.165, 1.54) is 5.56 Å². The van der Waals surface area contributed by atoms with Gasteiger partial charge < -0.3 is 15.5 Å². The van der Waals surface area contributed by atoms with Crippen LogP contribution in [-0.4, -0.2) is 41.8 Å². The van der Waals surface area contributed by atoms with Crippen LogP contribution in [0.25, 0.3) is 0 Å². The van der Waals surface area contributed by atoms with Crippen LogP contribution in [0.4, 0.5) is 0 Å². The lowest BCUT2D eigenvalue weighted by Gasteiger charge is -2.42. The molecule has 160 valence electrons. The topological polar surface area (TPSA) is 78.5 Å². The van der Waals surface area contributed by atoms with Crippen molar-refractivity contribution in [3.63, 3.8) is 0 Å². The van der Waals surface area contributed by atoms with E-state index in [2.05, 4.69) is 22.8 Å². The van der Waals surface area contributed by atoms with Crippen molar-refractivity contribution in [2.75, 3.05) is 13.1 Å². The molecule has 2 aromatic carbocycles. The van der Waals surface area contributed by atoms with Crippen molar-refractivity contribution in [2.45, 2.75) is 49.6 Å². The van der Waals surface area contributed by atoms with Gasteiger partial charge in [-0.2, -0.15) is 0 Å². The summed E-state index contributed by atoms with van der Waals surface area (Å²) in [7, 11) is 0. The first-order valence-corrected chi connectivity index (χ1v) is 11.1. The lowest BCUT2D eigenvalue weighted by Crippen LogP contribution is -2.48. The Morgan fingerprint density at radius 1 is 0.968 bits per heavy atom. The Labute approximate surface area is 182 Å². The predicted molar refractivity (Wildman–Crippen MR) is 116 cm³/mol. The number of benzene rings is 2. The molecule has 1 aliphatic heterocycles. The zero-order valence-electron chi connectivity index (χ0n) is 17.5. The van der Waals surface area contributed by atoms with E-state index < -0.39 is 6.04 Å². The van der Waals surface area contributed by atoms with Crippen molar-refractivity contribution in [3.05, 3.63) is 71.3 Å². The number of nitrogens with one attached hydrogen (secondary N) is 2. The summed E-state index contributed by atoms with van der Waals surface area (Å²) in [6.07, 6.45) is 5.12. The van der Waals surface area contributed by atoms with Crippen LogP contribution >= 0.6 is 0 Å². The fraction of sp³-hybridized carbons (Fsp3) is 0.400. The van der Waals surface area contributed by atoms with Crippen molar-refractivity contribution < 1.29 is 14.4 Å². The lowest BCUT2D eigenvalue weighted by atomic mass is 9.64. The van der Waals surface area contributed by atoms with Gasteiger partial charge in [-0.1, -0.05) is 55.0 Å². The molecule has 6 nitrogen and oxygen atoms in total. The molecule has 3 amide bonds. The number of nitrogens with zero attached hydrogens (tertiary/aromatic N) is 1. The molecule has 0 unspecified atom stereocenters. The normalized spacial score (nSPS) is 21.2. The smallest absolute Gasteiger partial charge is 0.255 e. The van der Waals surface area contributed by atoms with Gasteiger partial charge in [-0.25, -0.2) is 0 Å². The standard InChI is InChI=1S/C25H27N3O3/c29-21(27-16-25(13-6-14-25)17-7-2-1-3-8-17)15-26-23(30)22-19-9-4-5-10-20(19)24(31)28(22)18-11-12-18/h1-5,7-10,18,22H,6,11-16H2,(H,26,30)(H,27,29)/t22-/m0/s1. The first-order valence-electron chi connectivity index (χ1n) is 11.1. The Morgan fingerprint density at radius 2 is 1.68 bits per heavy atom. The third kappa shape index (κ3) is 3.60. The van der Waals surface area contributed by atoms with Crippen molar-refractivity contribution in [1.29, 1.82) is 0 Å². The fourth-order valence-corrected chi connectivity index (χ4v) is 4.89. The van der Waals surface area contributed by atoms with Gasteiger partial charge in [0.25, 0.3) is 5.91 Å². The number of fused-ring (bicyclic) bond motifs is 1. The molecule has 0 aromatic heterocycles. The quantitative estimate of drug-likeness (QED) is 0.727. The molecule has 2 saturated carbocycles. The minimum absolute atomic E-state index is 0.000509. The van der Waals surface area contributed by atoms with Gasteiger partial charge in [0.05, 0.1) is 6.54 Å². The minimum Gasteiger partial charge on any atom is -0.354 e. The van der Waals surface area contributed by atoms with Crippen molar-refractivity contribution >= 4 is 17.7 Å². The summed E-state index contributed by atoms with van der Waals surface area (Å²) >= 11 is 0. The maximum Gasteiger partial charge on any atom is 0.255 e. The van der Waals surface area contributed by atoms with E-state index in [0.717, 1.165) is 37.7 Å². The molecule has 2 N–H and O–H groups in total. The van der Waals surface area contributed by atoms with E-state index in [0.29, 0.717) is 12.1 Å². The molecule has 6 heteroatoms. The zero-order valence-corrected chi connectivity index (χ0v) is 17.5. The van der Waals surface area contributed by atoms with E-state index in [1.807, 2.05) is 36.4 Å². The SMILES string of the molecule is O=C(CNC(=O)[C@@H]1c2ccccc2C(=O)N1C1CC1)NCC1(c2ccccc2)CCC1. The number of carbonyl (C=O) groups excluding carboxylic acids is 3. The van der Waals surface area contributed by atoms with E-state index in [-0.39, 0.29) is 35.7 Å². The highest BCUT2D eigenvalue weighted by molar-refractivity contribution is 6.05. The van der Waals surface area contributed by atoms with Gasteiger partial charge in [-0.15, -0.1) is 0 Å². The van der Waals surface area contributed by atoms with Gasteiger partial charge >= 0.3 is 0 Å². The molecule has 0 bridgehead atoms. The van der Waals surface area contributed by atoms with Crippen molar-refractivity contribution in [1.82, 2.24) is 15.5 Å². The summed E-state index contributed by atoms with van der Waals surface area (Å²) < 4.78 is 0. The second-order valence-corrected chi connectivity index (χ2v) is 8.93. The molecule has 5 rings (SSSR count). The first-order chi connectivity index (χ1) is 15.1. The van der Waals surface area contributed by atoms with E-state index in [1.54, 1.807) is 11.0 Å². The molecule has 2 fully saturated rings. The largest absolute Gasteiger partial charge is 0.354 e. The molecule has 1 heterocycles. The van der Waals surface area contributed by atoms with Gasteiger partial charge in [0.15, 0.2) is 0 Å². The maximum atomic E-state index is 13.0. The maximum absolute atomic E-state index is 13.0. The molecular weight excluding hydrogens is 390 g/mol. The molecule has 2 aromatic rings. The molecule has 1 atom stereocenters. The molecule has 0 saturated heterocycles. The van der Waals surface area contributed by atoms with E-state index in [9.17, 15) is 14.4 Å². The summed E-state index contributed by atoms with van der Waals surface area (Å²) in [6, 6.07) is 17.0. The Balaban J connectivity index is 1.20. The Kier molecular flexibility index (Phi) is 5.00. The van der Waals surface area contributed by atoms with Gasteiger partial charge in [-0.3, -0.25) is 14.4 Å². The molecule has 3 aliphatic rings. The number of hydrogen-bond acceptors (Lipinski definition) is 3. The van der Waals surface area contributed by atoms with Gasteiger partial charge in [0.1, 0.15) is 6.04 Å². The van der Waals surface area contributed by atoms with Crippen molar-refractivity contribution in [2.24, 2.45) is 0 Å². The van der Waals surface area contributed by atoms with Crippen molar-refractivity contribution in [3.8, 4) is 0 Å². The highest BCUT2D eigenvalue weighted by Gasteiger charge is 2.47. The lowest BCUT2D eigenvalue weighted by molar-refractivity contribution is -0.129. The molecule has 31 heavy (non-hydrogen) atoms. The first kappa shape index (κ1) is 19.8. The average molecular weight is 418 g/mol. The Hall–Kier alpha value is -3.15. The zero-order chi connectivity index (χ0) is 21.4. The van der Waals surface area contributed by atoms with Crippen LogP contribution in [0.15, 0.2) is 54.6 Å². The third-order valence-electron chi connectivity index (χ3n) is 6.93. The van der Waals surface area contributed by atoms with Crippen LogP contribution in [0.3, 0.4) is 0 Å². The van der Waals surface area contributed by atoms with Crippen LogP contribution in [0.2, 0.25) is 0 Å². The average Bonchev–Trinajstić information content (AvgIpc) is 3.56. The number of amides is 3. The van der Waals surface area contributed by atoms with Gasteiger partial charge in [0, 0.05) is 23.6 Å². The Bertz CT molecular complexity index is 1010. The minimum atomic E-state index is -0.647. The highest BCUT2D eigenvalue weighted by Crippen LogP contribution is 2.43. The van der Waals surface area contributed by atoms with Crippen LogP contribution in [0, 0.1) is 0 Å². The summed E-state index contributed by atoms with van der Waals surface area (Å²) in [5, 5.41) is 5.78. The van der Waals surface area contributed by atoms with E-state index >= 15 is 0 Å². The molecular formula is C25H27N3O3. The second-order valence-electron chi connectivity index (χ2n) is 8.93. The second kappa shape index (κ2) is 7.84. The van der Waals surface area contributed by atoms with Crippen LogP contribution in [0.1, 0.15) is 59.6 Å². The van der Waals surface area contributed by atoms with Gasteiger partial charge in [-0.05, 0) is 42.9 Å². The monoisotopic (exact) mass is 417 g/mol. The number of carbonyl (C=O) groups is 3. The third-order valence-corrected chi connectivity index (χ3v) is 6.93. The van der Waals surface area contributed by atoms with E-state index in [4.69, 9.17) is 0 Å². The number of hydrogen-bond donors (Lipinski definition) is 2. The Morgan fingerprint density at radius 3 is 2.35 bits per heavy atom. The molecule has 0 spiro atoms.